The summed E-state index contributed by atoms with van der Waals surface area (Å²) in [4.78, 5) is 11.5. The number of hydrogen-bond acceptors (Lipinski definition) is 4. The number of hydrogen-bond donors (Lipinski definition) is 2. The van der Waals surface area contributed by atoms with E-state index in [2.05, 4.69) is 17.4 Å². The lowest BCUT2D eigenvalue weighted by atomic mass is 10.1. The summed E-state index contributed by atoms with van der Waals surface area (Å²) in [5.74, 6) is 1.79. The molecule has 0 bridgehead atoms. The van der Waals surface area contributed by atoms with Gasteiger partial charge >= 0.3 is 5.97 Å². The zero-order valence-corrected chi connectivity index (χ0v) is 17.1. The zero-order valence-electron chi connectivity index (χ0n) is 16.3. The first-order valence-corrected chi connectivity index (χ1v) is 10.3. The molecule has 0 aliphatic heterocycles. The van der Waals surface area contributed by atoms with Crippen LogP contribution in [0.3, 0.4) is 0 Å². The molecule has 2 rings (SSSR count). The van der Waals surface area contributed by atoms with Crippen LogP contribution in [0.15, 0.2) is 54.6 Å². The van der Waals surface area contributed by atoms with Crippen molar-refractivity contribution in [1.82, 2.24) is 5.32 Å². The average molecular weight is 388 g/mol. The molecule has 0 unspecified atom stereocenters. The predicted molar refractivity (Wildman–Crippen MR) is 113 cm³/mol. The summed E-state index contributed by atoms with van der Waals surface area (Å²) in [7, 11) is 0. The molecule has 0 fully saturated rings. The fourth-order valence-electron chi connectivity index (χ4n) is 2.60. The second-order valence-corrected chi connectivity index (χ2v) is 8.55. The molecule has 2 N–H and O–H groups in total. The minimum absolute atomic E-state index is 0.246. The van der Waals surface area contributed by atoms with E-state index in [1.807, 2.05) is 63.2 Å². The molecular weight excluding hydrogens is 358 g/mol. The summed E-state index contributed by atoms with van der Waals surface area (Å²) < 4.78 is 5.80. The molecule has 146 valence electrons. The Labute approximate surface area is 166 Å². The highest BCUT2D eigenvalue weighted by atomic mass is 32.2. The Bertz CT molecular complexity index is 696. The second kappa shape index (κ2) is 10.4. The lowest BCUT2D eigenvalue weighted by molar-refractivity contribution is -0.139. The monoisotopic (exact) mass is 387 g/mol. The summed E-state index contributed by atoms with van der Waals surface area (Å²) in [5, 5.41) is 12.6. The highest BCUT2D eigenvalue weighted by Crippen LogP contribution is 2.19. The molecule has 4 nitrogen and oxygen atoms in total. The van der Waals surface area contributed by atoms with E-state index in [-0.39, 0.29) is 5.60 Å². The summed E-state index contributed by atoms with van der Waals surface area (Å²) in [6.07, 6.45) is 0.453. The molecule has 1 atom stereocenters. The summed E-state index contributed by atoms with van der Waals surface area (Å²) in [5.41, 5.74) is 2.02. The van der Waals surface area contributed by atoms with Gasteiger partial charge in [-0.2, -0.15) is 11.8 Å². The van der Waals surface area contributed by atoms with Crippen LogP contribution in [-0.2, 0) is 17.0 Å². The number of carboxylic acid groups (broad SMARTS) is 1. The molecule has 0 amide bonds. The Kier molecular flexibility index (Phi) is 8.20. The molecule has 0 aromatic heterocycles. The van der Waals surface area contributed by atoms with Gasteiger partial charge in [0.1, 0.15) is 17.4 Å². The summed E-state index contributed by atoms with van der Waals surface area (Å²) in [6.45, 7) is 6.67. The highest BCUT2D eigenvalue weighted by Gasteiger charge is 2.17. The van der Waals surface area contributed by atoms with Gasteiger partial charge in [0.25, 0.3) is 0 Å². The Balaban J connectivity index is 1.77. The maximum Gasteiger partial charge on any atom is 0.321 e. The van der Waals surface area contributed by atoms with Crippen molar-refractivity contribution in [3.8, 4) is 5.75 Å². The van der Waals surface area contributed by atoms with Gasteiger partial charge < -0.3 is 15.2 Å². The van der Waals surface area contributed by atoms with Crippen molar-refractivity contribution in [2.24, 2.45) is 0 Å². The maximum atomic E-state index is 11.5. The predicted octanol–water partition coefficient (Wildman–Crippen LogP) is 4.38. The zero-order chi connectivity index (χ0) is 19.7. The van der Waals surface area contributed by atoms with Crippen LogP contribution < -0.4 is 10.1 Å². The smallest absolute Gasteiger partial charge is 0.321 e. The van der Waals surface area contributed by atoms with Crippen LogP contribution in [0.5, 0.6) is 5.75 Å². The Morgan fingerprint density at radius 3 is 2.33 bits per heavy atom. The van der Waals surface area contributed by atoms with Gasteiger partial charge in [0, 0.05) is 18.1 Å². The number of rotatable bonds is 10. The van der Waals surface area contributed by atoms with Gasteiger partial charge in [0.2, 0.25) is 0 Å². The van der Waals surface area contributed by atoms with E-state index in [9.17, 15) is 9.90 Å². The van der Waals surface area contributed by atoms with Gasteiger partial charge in [-0.3, -0.25) is 4.79 Å². The first-order chi connectivity index (χ1) is 12.8. The van der Waals surface area contributed by atoms with Crippen LogP contribution in [-0.4, -0.2) is 35.0 Å². The topological polar surface area (TPSA) is 58.6 Å². The Morgan fingerprint density at radius 1 is 1.07 bits per heavy atom. The molecule has 0 spiro atoms. The molecule has 0 saturated carbocycles. The largest absolute Gasteiger partial charge is 0.488 e. The number of nitrogens with one attached hydrogen (secondary N) is 1. The van der Waals surface area contributed by atoms with Gasteiger partial charge in [-0.05, 0) is 50.5 Å². The van der Waals surface area contributed by atoms with E-state index >= 15 is 0 Å². The number of aliphatic carboxylic acids is 1. The first kappa shape index (κ1) is 21.3. The molecule has 27 heavy (non-hydrogen) atoms. The number of ether oxygens (including phenoxy) is 1. The third-order valence-electron chi connectivity index (χ3n) is 3.83. The van der Waals surface area contributed by atoms with Crippen LogP contribution >= 0.6 is 11.8 Å². The van der Waals surface area contributed by atoms with Crippen LogP contribution in [0, 0.1) is 0 Å². The standard InChI is InChI=1S/C22H29NO3S/c1-22(2,3)26-19-11-9-17(10-12-19)15-20(21(24)25)23-13-14-27-16-18-7-5-4-6-8-18/h4-12,20,23H,13-16H2,1-3H3,(H,24,25)/t20-/m0/s1. The minimum Gasteiger partial charge on any atom is -0.488 e. The van der Waals surface area contributed by atoms with Crippen molar-refractivity contribution in [2.45, 2.75) is 44.6 Å². The fourth-order valence-corrected chi connectivity index (χ4v) is 3.43. The molecular formula is C22H29NO3S. The maximum absolute atomic E-state index is 11.5. The van der Waals surface area contributed by atoms with Crippen LogP contribution in [0.1, 0.15) is 31.9 Å². The number of carbonyl (C=O) groups is 1. The van der Waals surface area contributed by atoms with Crippen molar-refractivity contribution >= 4 is 17.7 Å². The van der Waals surface area contributed by atoms with Crippen molar-refractivity contribution < 1.29 is 14.6 Å². The van der Waals surface area contributed by atoms with Gasteiger partial charge in [-0.15, -0.1) is 0 Å². The normalized spacial score (nSPS) is 12.6. The van der Waals surface area contributed by atoms with E-state index in [0.29, 0.717) is 13.0 Å². The molecule has 0 heterocycles. The molecule has 2 aromatic rings. The van der Waals surface area contributed by atoms with Crippen LogP contribution in [0.25, 0.3) is 0 Å². The second-order valence-electron chi connectivity index (χ2n) is 7.45. The third kappa shape index (κ3) is 8.50. The average Bonchev–Trinajstić information content (AvgIpc) is 2.61. The highest BCUT2D eigenvalue weighted by molar-refractivity contribution is 7.98. The molecule has 0 aliphatic carbocycles. The van der Waals surface area contributed by atoms with Gasteiger partial charge in [-0.1, -0.05) is 42.5 Å². The SMILES string of the molecule is CC(C)(C)Oc1ccc(C[C@H](NCCSCc2ccccc2)C(=O)O)cc1. The summed E-state index contributed by atoms with van der Waals surface area (Å²) >= 11 is 1.80. The number of carboxylic acids is 1. The quantitative estimate of drug-likeness (QED) is 0.593. The molecule has 2 aromatic carbocycles. The van der Waals surface area contributed by atoms with Crippen LogP contribution in [0.4, 0.5) is 0 Å². The van der Waals surface area contributed by atoms with Crippen molar-refractivity contribution in [1.29, 1.82) is 0 Å². The fraction of sp³-hybridized carbons (Fsp3) is 0.409. The summed E-state index contributed by atoms with van der Waals surface area (Å²) in [6, 6.07) is 17.4. The molecule has 0 aliphatic rings. The minimum atomic E-state index is -0.821. The van der Waals surface area contributed by atoms with E-state index in [1.54, 1.807) is 11.8 Å². The lowest BCUT2D eigenvalue weighted by Gasteiger charge is -2.21. The number of thioether (sulfide) groups is 1. The number of benzene rings is 2. The first-order valence-electron chi connectivity index (χ1n) is 9.19. The van der Waals surface area contributed by atoms with Gasteiger partial charge in [0.15, 0.2) is 0 Å². The van der Waals surface area contributed by atoms with Gasteiger partial charge in [0.05, 0.1) is 0 Å². The van der Waals surface area contributed by atoms with E-state index in [0.717, 1.165) is 22.8 Å². The van der Waals surface area contributed by atoms with E-state index in [1.165, 1.54) is 5.56 Å². The van der Waals surface area contributed by atoms with E-state index in [4.69, 9.17) is 4.74 Å². The van der Waals surface area contributed by atoms with Crippen molar-refractivity contribution in [3.63, 3.8) is 0 Å². The molecule has 0 radical (unpaired) electrons. The van der Waals surface area contributed by atoms with Gasteiger partial charge in [-0.25, -0.2) is 0 Å². The Morgan fingerprint density at radius 2 is 1.74 bits per heavy atom. The lowest BCUT2D eigenvalue weighted by Crippen LogP contribution is -2.39. The third-order valence-corrected chi connectivity index (χ3v) is 4.86. The van der Waals surface area contributed by atoms with Crippen molar-refractivity contribution in [2.75, 3.05) is 12.3 Å². The van der Waals surface area contributed by atoms with Crippen molar-refractivity contribution in [3.05, 3.63) is 65.7 Å². The van der Waals surface area contributed by atoms with E-state index < -0.39 is 12.0 Å². The Hall–Kier alpha value is -1.98. The molecule has 5 heteroatoms. The van der Waals surface area contributed by atoms with Crippen LogP contribution in [0.2, 0.25) is 0 Å². The molecule has 0 saturated heterocycles.